The van der Waals surface area contributed by atoms with Gasteiger partial charge in [-0.15, -0.1) is 0 Å². The van der Waals surface area contributed by atoms with Crippen molar-refractivity contribution in [2.24, 2.45) is 5.16 Å². The van der Waals surface area contributed by atoms with E-state index in [2.05, 4.69) is 10.5 Å². The molecule has 0 radical (unpaired) electrons. The fourth-order valence-corrected chi connectivity index (χ4v) is 4.67. The van der Waals surface area contributed by atoms with E-state index in [1.807, 2.05) is 6.92 Å². The van der Waals surface area contributed by atoms with E-state index in [-0.39, 0.29) is 39.3 Å². The number of oxime groups is 1. The molecule has 3 aromatic carbocycles. The standard InChI is InChI=1S/C26H22Cl2F3N3O3/c1-3-34(2)23(35)14-32-24(36)21-9-8-20(18-6-4-5-7-19(18)21)22-13-25(37-33-22,26(29,30)31)15-10-16(27)12-17(28)11-15/h4-12H,3,13-14H2,1-2H3,(H,32,36). The third-order valence-electron chi connectivity index (χ3n) is 6.29. The molecule has 2 amide bonds. The van der Waals surface area contributed by atoms with Gasteiger partial charge in [0.25, 0.3) is 11.5 Å². The van der Waals surface area contributed by atoms with Gasteiger partial charge >= 0.3 is 6.18 Å². The Hall–Kier alpha value is -3.30. The molecule has 1 unspecified atom stereocenters. The molecule has 0 saturated carbocycles. The zero-order valence-corrected chi connectivity index (χ0v) is 21.3. The molecule has 0 aliphatic carbocycles. The quantitative estimate of drug-likeness (QED) is 0.412. The summed E-state index contributed by atoms with van der Waals surface area (Å²) in [5, 5.41) is 7.51. The van der Waals surface area contributed by atoms with Gasteiger partial charge in [-0.25, -0.2) is 0 Å². The van der Waals surface area contributed by atoms with Crippen LogP contribution in [0.2, 0.25) is 10.0 Å². The van der Waals surface area contributed by atoms with Crippen molar-refractivity contribution in [3.05, 3.63) is 81.3 Å². The molecule has 0 fully saturated rings. The first-order valence-corrected chi connectivity index (χ1v) is 12.0. The van der Waals surface area contributed by atoms with Gasteiger partial charge in [-0.2, -0.15) is 13.2 Å². The van der Waals surface area contributed by atoms with Gasteiger partial charge in [-0.05, 0) is 42.0 Å². The average Bonchev–Trinajstić information content (AvgIpc) is 3.32. The number of benzene rings is 3. The van der Waals surface area contributed by atoms with Gasteiger partial charge in [-0.3, -0.25) is 9.59 Å². The molecule has 1 N–H and O–H groups in total. The Kier molecular flexibility index (Phi) is 7.39. The van der Waals surface area contributed by atoms with Gasteiger partial charge < -0.3 is 15.1 Å². The predicted molar refractivity (Wildman–Crippen MR) is 136 cm³/mol. The van der Waals surface area contributed by atoms with Crippen molar-refractivity contribution in [3.8, 4) is 0 Å². The fourth-order valence-electron chi connectivity index (χ4n) is 4.15. The second-order valence-corrected chi connectivity index (χ2v) is 9.46. The second kappa shape index (κ2) is 10.2. The number of hydrogen-bond donors (Lipinski definition) is 1. The minimum absolute atomic E-state index is 0.0348. The number of likely N-dealkylation sites (N-methyl/N-ethyl adjacent to an activating group) is 1. The zero-order chi connectivity index (χ0) is 27.0. The van der Waals surface area contributed by atoms with E-state index in [1.165, 1.54) is 23.1 Å². The molecule has 1 aliphatic heterocycles. The summed E-state index contributed by atoms with van der Waals surface area (Å²) in [6.07, 6.45) is -5.46. The van der Waals surface area contributed by atoms with Crippen molar-refractivity contribution >= 4 is 51.5 Å². The van der Waals surface area contributed by atoms with E-state index in [1.54, 1.807) is 31.3 Å². The SMILES string of the molecule is CCN(C)C(=O)CNC(=O)c1ccc(C2=NOC(c3cc(Cl)cc(Cl)c3)(C(F)(F)F)C2)c2ccccc12. The number of halogens is 5. The summed E-state index contributed by atoms with van der Waals surface area (Å²) in [6, 6.07) is 13.4. The lowest BCUT2D eigenvalue weighted by Gasteiger charge is -2.29. The normalized spacial score (nSPS) is 17.3. The number of rotatable bonds is 6. The molecule has 11 heteroatoms. The largest absolute Gasteiger partial charge is 0.435 e. The zero-order valence-electron chi connectivity index (χ0n) is 19.8. The molecule has 194 valence electrons. The first-order chi connectivity index (χ1) is 17.5. The molecule has 0 spiro atoms. The molecule has 1 atom stereocenters. The van der Waals surface area contributed by atoms with Gasteiger partial charge in [0.1, 0.15) is 0 Å². The second-order valence-electron chi connectivity index (χ2n) is 8.59. The summed E-state index contributed by atoms with van der Waals surface area (Å²) in [5.41, 5.74) is -2.34. The van der Waals surface area contributed by atoms with Crippen molar-refractivity contribution in [1.82, 2.24) is 10.2 Å². The number of carbonyl (C=O) groups excluding carboxylic acids is 2. The Morgan fingerprint density at radius 3 is 2.35 bits per heavy atom. The van der Waals surface area contributed by atoms with E-state index >= 15 is 0 Å². The van der Waals surface area contributed by atoms with Crippen molar-refractivity contribution in [1.29, 1.82) is 0 Å². The van der Waals surface area contributed by atoms with Gasteiger partial charge in [0.15, 0.2) is 0 Å². The number of fused-ring (bicyclic) bond motifs is 1. The smallest absolute Gasteiger partial charge is 0.374 e. The van der Waals surface area contributed by atoms with Crippen LogP contribution in [-0.4, -0.2) is 48.7 Å². The third-order valence-corrected chi connectivity index (χ3v) is 6.73. The lowest BCUT2D eigenvalue weighted by molar-refractivity contribution is -0.275. The van der Waals surface area contributed by atoms with Crippen molar-refractivity contribution in [3.63, 3.8) is 0 Å². The Morgan fingerprint density at radius 2 is 1.73 bits per heavy atom. The minimum atomic E-state index is -4.83. The number of amides is 2. The number of nitrogens with zero attached hydrogens (tertiary/aromatic N) is 2. The van der Waals surface area contributed by atoms with Crippen LogP contribution >= 0.6 is 23.2 Å². The molecule has 0 bridgehead atoms. The molecule has 3 aromatic rings. The Balaban J connectivity index is 1.69. The van der Waals surface area contributed by atoms with Crippen molar-refractivity contribution in [2.75, 3.05) is 20.1 Å². The van der Waals surface area contributed by atoms with Crippen molar-refractivity contribution < 1.29 is 27.6 Å². The molecule has 1 aliphatic rings. The summed E-state index contributed by atoms with van der Waals surface area (Å²) < 4.78 is 43.2. The molecule has 4 rings (SSSR count). The maximum atomic E-state index is 14.4. The Morgan fingerprint density at radius 1 is 1.08 bits per heavy atom. The molecule has 6 nitrogen and oxygen atoms in total. The van der Waals surface area contributed by atoms with Gasteiger partial charge in [-0.1, -0.05) is 58.7 Å². The van der Waals surface area contributed by atoms with Gasteiger partial charge in [0.2, 0.25) is 5.91 Å². The van der Waals surface area contributed by atoms with Gasteiger partial charge in [0.05, 0.1) is 12.3 Å². The van der Waals surface area contributed by atoms with Crippen LogP contribution in [0, 0.1) is 0 Å². The number of alkyl halides is 3. The van der Waals surface area contributed by atoms with E-state index < -0.39 is 24.1 Å². The monoisotopic (exact) mass is 551 g/mol. The first kappa shape index (κ1) is 26.8. The highest BCUT2D eigenvalue weighted by Gasteiger charge is 2.62. The summed E-state index contributed by atoms with van der Waals surface area (Å²) >= 11 is 12.0. The predicted octanol–water partition coefficient (Wildman–Crippen LogP) is 5.94. The number of nitrogens with one attached hydrogen (secondary N) is 1. The molecule has 1 heterocycles. The van der Waals surface area contributed by atoms with Crippen LogP contribution in [0.4, 0.5) is 13.2 Å². The fraction of sp³-hybridized carbons (Fsp3) is 0.269. The highest BCUT2D eigenvalue weighted by molar-refractivity contribution is 6.34. The lowest BCUT2D eigenvalue weighted by atomic mass is 9.85. The van der Waals surface area contributed by atoms with E-state index in [0.717, 1.165) is 12.1 Å². The Labute approximate surface area is 221 Å². The van der Waals surface area contributed by atoms with Crippen LogP contribution in [0.1, 0.15) is 34.8 Å². The third kappa shape index (κ3) is 5.10. The summed E-state index contributed by atoms with van der Waals surface area (Å²) in [4.78, 5) is 31.5. The summed E-state index contributed by atoms with van der Waals surface area (Å²) in [6.45, 7) is 2.13. The first-order valence-electron chi connectivity index (χ1n) is 11.3. The topological polar surface area (TPSA) is 71.0 Å². The van der Waals surface area contributed by atoms with Gasteiger partial charge in [0, 0.05) is 46.7 Å². The van der Waals surface area contributed by atoms with E-state index in [4.69, 9.17) is 28.0 Å². The van der Waals surface area contributed by atoms with E-state index in [9.17, 15) is 22.8 Å². The number of hydrogen-bond acceptors (Lipinski definition) is 4. The molecular formula is C26H22Cl2F3N3O3. The highest BCUT2D eigenvalue weighted by atomic mass is 35.5. The maximum Gasteiger partial charge on any atom is 0.435 e. The van der Waals surface area contributed by atoms with Crippen LogP contribution < -0.4 is 5.32 Å². The molecule has 0 saturated heterocycles. The average molecular weight is 552 g/mol. The molecule has 0 aromatic heterocycles. The maximum absolute atomic E-state index is 14.4. The van der Waals surface area contributed by atoms with Crippen LogP contribution in [-0.2, 0) is 15.2 Å². The molecule has 37 heavy (non-hydrogen) atoms. The highest BCUT2D eigenvalue weighted by Crippen LogP contribution is 2.50. The lowest BCUT2D eigenvalue weighted by Crippen LogP contribution is -2.42. The summed E-state index contributed by atoms with van der Waals surface area (Å²) in [7, 11) is 1.63. The van der Waals surface area contributed by atoms with Crippen LogP contribution in [0.15, 0.2) is 59.8 Å². The Bertz CT molecular complexity index is 1390. The minimum Gasteiger partial charge on any atom is -0.374 e. The van der Waals surface area contributed by atoms with Crippen molar-refractivity contribution in [2.45, 2.75) is 25.1 Å². The summed E-state index contributed by atoms with van der Waals surface area (Å²) in [5.74, 6) is -0.734. The number of carbonyl (C=O) groups is 2. The van der Waals surface area contributed by atoms with Crippen LogP contribution in [0.5, 0.6) is 0 Å². The molecular weight excluding hydrogens is 530 g/mol. The van der Waals surface area contributed by atoms with Crippen LogP contribution in [0.3, 0.4) is 0 Å². The van der Waals surface area contributed by atoms with E-state index in [0.29, 0.717) is 22.9 Å². The van der Waals surface area contributed by atoms with Crippen LogP contribution in [0.25, 0.3) is 10.8 Å².